The Morgan fingerprint density at radius 1 is 0.844 bits per heavy atom. The van der Waals surface area contributed by atoms with Crippen molar-refractivity contribution < 1.29 is 28.5 Å². The van der Waals surface area contributed by atoms with Gasteiger partial charge in [-0.1, -0.05) is 48.5 Å². The quantitative estimate of drug-likeness (QED) is 0.313. The summed E-state index contributed by atoms with van der Waals surface area (Å²) in [5, 5.41) is 0. The number of methoxy groups -OCH3 is 2. The van der Waals surface area contributed by atoms with E-state index < -0.39 is 5.97 Å². The molecule has 1 aliphatic rings. The van der Waals surface area contributed by atoms with Gasteiger partial charge in [0.25, 0.3) is 0 Å². The fraction of sp³-hybridized carbons (Fsp3) is 0.154. The van der Waals surface area contributed by atoms with Crippen LogP contribution in [0.4, 0.5) is 0 Å². The van der Waals surface area contributed by atoms with Crippen LogP contribution in [0.15, 0.2) is 78.4 Å². The largest absolute Gasteiger partial charge is 0.497 e. The predicted octanol–water partition coefficient (Wildman–Crippen LogP) is 4.48. The third-order valence-electron chi connectivity index (χ3n) is 5.18. The third kappa shape index (κ3) is 4.34. The van der Waals surface area contributed by atoms with Crippen LogP contribution in [0.2, 0.25) is 0 Å². The van der Waals surface area contributed by atoms with Gasteiger partial charge in [0.1, 0.15) is 5.75 Å². The number of hydrogen-bond acceptors (Lipinski definition) is 6. The third-order valence-corrected chi connectivity index (χ3v) is 5.18. The number of rotatable bonds is 7. The summed E-state index contributed by atoms with van der Waals surface area (Å²) in [6, 6.07) is 21.5. The second kappa shape index (κ2) is 9.39. The summed E-state index contributed by atoms with van der Waals surface area (Å²) in [5.41, 5.74) is 2.32. The van der Waals surface area contributed by atoms with Gasteiger partial charge in [0.05, 0.1) is 19.8 Å². The van der Waals surface area contributed by atoms with Gasteiger partial charge in [-0.2, -0.15) is 0 Å². The SMILES string of the molecule is COC(=O)/C(=C(/Cc1ccccc1)C(=O)c1cccc(OC)c1)c1ccc2c(c1)OCO2. The molecule has 0 unspecified atom stereocenters. The number of benzene rings is 3. The van der Waals surface area contributed by atoms with Crippen molar-refractivity contribution in [3.8, 4) is 17.2 Å². The van der Waals surface area contributed by atoms with Crippen LogP contribution in [-0.4, -0.2) is 32.8 Å². The molecular weight excluding hydrogens is 408 g/mol. The van der Waals surface area contributed by atoms with Crippen LogP contribution < -0.4 is 14.2 Å². The molecule has 1 aliphatic heterocycles. The maximum atomic E-state index is 13.7. The molecule has 0 saturated heterocycles. The Hall–Kier alpha value is -4.06. The summed E-state index contributed by atoms with van der Waals surface area (Å²) in [6.07, 6.45) is 0.246. The molecule has 32 heavy (non-hydrogen) atoms. The molecule has 1 heterocycles. The summed E-state index contributed by atoms with van der Waals surface area (Å²) in [5.74, 6) is 0.757. The average Bonchev–Trinajstić information content (AvgIpc) is 3.31. The Kier molecular flexibility index (Phi) is 6.22. The first-order valence-corrected chi connectivity index (χ1v) is 10.0. The molecule has 6 heteroatoms. The van der Waals surface area contributed by atoms with Crippen LogP contribution in [0, 0.1) is 0 Å². The van der Waals surface area contributed by atoms with Crippen LogP contribution in [0.1, 0.15) is 21.5 Å². The van der Waals surface area contributed by atoms with Gasteiger partial charge < -0.3 is 18.9 Å². The lowest BCUT2D eigenvalue weighted by atomic mass is 9.89. The normalized spacial score (nSPS) is 12.7. The van der Waals surface area contributed by atoms with E-state index in [0.29, 0.717) is 33.9 Å². The first-order chi connectivity index (χ1) is 15.6. The van der Waals surface area contributed by atoms with Crippen molar-refractivity contribution in [3.63, 3.8) is 0 Å². The molecule has 0 spiro atoms. The number of fused-ring (bicyclic) bond motifs is 1. The second-order valence-corrected chi connectivity index (χ2v) is 7.14. The molecule has 6 nitrogen and oxygen atoms in total. The van der Waals surface area contributed by atoms with Crippen LogP contribution in [0.25, 0.3) is 5.57 Å². The molecule has 0 saturated carbocycles. The molecular formula is C26H22O6. The minimum absolute atomic E-state index is 0.107. The van der Waals surface area contributed by atoms with Crippen LogP contribution in [0.5, 0.6) is 17.2 Å². The molecule has 0 bridgehead atoms. The molecule has 4 rings (SSSR count). The van der Waals surface area contributed by atoms with Crippen molar-refractivity contribution in [1.82, 2.24) is 0 Å². The van der Waals surface area contributed by atoms with Gasteiger partial charge in [0.2, 0.25) is 6.79 Å². The number of Topliss-reactive ketones (excluding diaryl/α,β-unsaturated/α-hetero) is 1. The lowest BCUT2D eigenvalue weighted by Crippen LogP contribution is -2.15. The monoisotopic (exact) mass is 430 g/mol. The molecule has 0 amide bonds. The predicted molar refractivity (Wildman–Crippen MR) is 119 cm³/mol. The van der Waals surface area contributed by atoms with Gasteiger partial charge >= 0.3 is 5.97 Å². The Morgan fingerprint density at radius 3 is 2.38 bits per heavy atom. The molecule has 0 radical (unpaired) electrons. The van der Waals surface area contributed by atoms with Crippen LogP contribution in [-0.2, 0) is 16.0 Å². The van der Waals surface area contributed by atoms with Gasteiger partial charge in [-0.05, 0) is 35.4 Å². The summed E-state index contributed by atoms with van der Waals surface area (Å²) in [7, 11) is 2.84. The first kappa shape index (κ1) is 21.2. The molecule has 0 atom stereocenters. The fourth-order valence-corrected chi connectivity index (χ4v) is 3.59. The van der Waals surface area contributed by atoms with E-state index in [4.69, 9.17) is 18.9 Å². The highest BCUT2D eigenvalue weighted by Crippen LogP contribution is 2.36. The van der Waals surface area contributed by atoms with Crippen LogP contribution in [0.3, 0.4) is 0 Å². The summed E-state index contributed by atoms with van der Waals surface area (Å²) >= 11 is 0. The van der Waals surface area contributed by atoms with E-state index in [1.165, 1.54) is 14.2 Å². The fourth-order valence-electron chi connectivity index (χ4n) is 3.59. The highest BCUT2D eigenvalue weighted by atomic mass is 16.7. The van der Waals surface area contributed by atoms with E-state index in [-0.39, 0.29) is 24.6 Å². The van der Waals surface area contributed by atoms with E-state index in [1.807, 2.05) is 30.3 Å². The number of ketones is 1. The number of esters is 1. The van der Waals surface area contributed by atoms with Crippen molar-refractivity contribution in [3.05, 3.63) is 95.1 Å². The molecule has 3 aromatic carbocycles. The van der Waals surface area contributed by atoms with Gasteiger partial charge in [-0.25, -0.2) is 4.79 Å². The zero-order chi connectivity index (χ0) is 22.5. The first-order valence-electron chi connectivity index (χ1n) is 10.0. The van der Waals surface area contributed by atoms with Gasteiger partial charge in [-0.15, -0.1) is 0 Å². The minimum Gasteiger partial charge on any atom is -0.497 e. The smallest absolute Gasteiger partial charge is 0.338 e. The highest BCUT2D eigenvalue weighted by Gasteiger charge is 2.26. The zero-order valence-corrected chi connectivity index (χ0v) is 17.8. The van der Waals surface area contributed by atoms with Crippen LogP contribution >= 0.6 is 0 Å². The number of carbonyl (C=O) groups excluding carboxylic acids is 2. The molecule has 0 N–H and O–H groups in total. The average molecular weight is 430 g/mol. The number of hydrogen-bond donors (Lipinski definition) is 0. The maximum absolute atomic E-state index is 13.7. The van der Waals surface area contributed by atoms with E-state index in [2.05, 4.69) is 0 Å². The zero-order valence-electron chi connectivity index (χ0n) is 17.8. The standard InChI is InChI=1S/C26H22O6/c1-29-20-10-6-9-19(14-20)25(27)21(13-17-7-4-3-5-8-17)24(26(28)30-2)18-11-12-22-23(15-18)32-16-31-22/h3-12,14-15H,13,16H2,1-2H3/b24-21-. The number of ether oxygens (including phenoxy) is 4. The number of carbonyl (C=O) groups is 2. The van der Waals surface area contributed by atoms with Crippen molar-refractivity contribution >= 4 is 17.3 Å². The topological polar surface area (TPSA) is 71.1 Å². The van der Waals surface area contributed by atoms with Gasteiger partial charge in [-0.3, -0.25) is 4.79 Å². The van der Waals surface area contributed by atoms with Crippen molar-refractivity contribution in [2.24, 2.45) is 0 Å². The lowest BCUT2D eigenvalue weighted by molar-refractivity contribution is -0.133. The molecule has 0 aliphatic carbocycles. The van der Waals surface area contributed by atoms with Gasteiger partial charge in [0.15, 0.2) is 17.3 Å². The minimum atomic E-state index is -0.606. The summed E-state index contributed by atoms with van der Waals surface area (Å²) in [6.45, 7) is 0.107. The van der Waals surface area contributed by atoms with E-state index >= 15 is 0 Å². The van der Waals surface area contributed by atoms with Crippen molar-refractivity contribution in [2.45, 2.75) is 6.42 Å². The molecule has 0 aromatic heterocycles. The van der Waals surface area contributed by atoms with E-state index in [1.54, 1.807) is 42.5 Å². The Labute approximate surface area is 186 Å². The van der Waals surface area contributed by atoms with E-state index in [9.17, 15) is 9.59 Å². The number of allylic oxidation sites excluding steroid dienone is 1. The lowest BCUT2D eigenvalue weighted by Gasteiger charge is -2.15. The van der Waals surface area contributed by atoms with Gasteiger partial charge in [0, 0.05) is 17.6 Å². The molecule has 0 fully saturated rings. The Bertz CT molecular complexity index is 1180. The Morgan fingerprint density at radius 2 is 1.62 bits per heavy atom. The maximum Gasteiger partial charge on any atom is 0.338 e. The van der Waals surface area contributed by atoms with E-state index in [0.717, 1.165) is 5.56 Å². The Balaban J connectivity index is 1.90. The van der Waals surface area contributed by atoms with Crippen molar-refractivity contribution in [1.29, 1.82) is 0 Å². The second-order valence-electron chi connectivity index (χ2n) is 7.14. The van der Waals surface area contributed by atoms with Crippen molar-refractivity contribution in [2.75, 3.05) is 21.0 Å². The summed E-state index contributed by atoms with van der Waals surface area (Å²) < 4.78 is 21.2. The molecule has 3 aromatic rings. The molecule has 162 valence electrons. The highest BCUT2D eigenvalue weighted by molar-refractivity contribution is 6.27. The summed E-state index contributed by atoms with van der Waals surface area (Å²) in [4.78, 5) is 26.7.